The highest BCUT2D eigenvalue weighted by Crippen LogP contribution is 2.31. The fourth-order valence-corrected chi connectivity index (χ4v) is 2.30. The predicted octanol–water partition coefficient (Wildman–Crippen LogP) is 3.78. The van der Waals surface area contributed by atoms with Gasteiger partial charge in [-0.15, -0.1) is 0 Å². The van der Waals surface area contributed by atoms with Crippen molar-refractivity contribution in [1.82, 2.24) is 19.7 Å². The third kappa shape index (κ3) is 4.34. The molecule has 0 saturated heterocycles. The Bertz CT molecular complexity index is 843. The molecule has 0 radical (unpaired) electrons. The molecular weight excluding hydrogens is 331 g/mol. The lowest BCUT2D eigenvalue weighted by molar-refractivity contribution is -0.141. The average molecular weight is 347 g/mol. The molecule has 0 aliphatic rings. The highest BCUT2D eigenvalue weighted by molar-refractivity contribution is 5.60. The number of anilines is 1. The zero-order valence-corrected chi connectivity index (χ0v) is 13.5. The minimum atomic E-state index is -4.54. The van der Waals surface area contributed by atoms with Crippen LogP contribution in [0.1, 0.15) is 11.4 Å². The number of aromatic nitrogens is 4. The number of hydrogen-bond donors (Lipinski definition) is 1. The Balaban J connectivity index is 1.82. The third-order valence-corrected chi connectivity index (χ3v) is 3.48. The largest absolute Gasteiger partial charge is 0.433 e. The maximum Gasteiger partial charge on any atom is 0.433 e. The molecule has 0 aliphatic heterocycles. The first-order valence-corrected chi connectivity index (χ1v) is 7.67. The summed E-state index contributed by atoms with van der Waals surface area (Å²) < 4.78 is 41.1. The van der Waals surface area contributed by atoms with E-state index in [2.05, 4.69) is 20.4 Å². The van der Waals surface area contributed by atoms with Crippen molar-refractivity contribution < 1.29 is 13.2 Å². The van der Waals surface area contributed by atoms with Gasteiger partial charge in [0.2, 0.25) is 5.95 Å². The van der Waals surface area contributed by atoms with E-state index in [1.165, 1.54) is 0 Å². The average Bonchev–Trinajstić information content (AvgIpc) is 3.00. The van der Waals surface area contributed by atoms with Crippen molar-refractivity contribution in [3.05, 3.63) is 60.0 Å². The van der Waals surface area contributed by atoms with Gasteiger partial charge in [-0.1, -0.05) is 30.3 Å². The number of benzene rings is 1. The molecule has 2 aromatic heterocycles. The Labute approximate surface area is 142 Å². The molecule has 25 heavy (non-hydrogen) atoms. The molecule has 0 bridgehead atoms. The highest BCUT2D eigenvalue weighted by atomic mass is 19.4. The number of rotatable bonds is 5. The number of halogens is 3. The van der Waals surface area contributed by atoms with E-state index >= 15 is 0 Å². The topological polar surface area (TPSA) is 55.6 Å². The van der Waals surface area contributed by atoms with E-state index in [1.54, 1.807) is 41.2 Å². The molecular formula is C17H16F3N5. The van der Waals surface area contributed by atoms with Crippen LogP contribution < -0.4 is 5.32 Å². The van der Waals surface area contributed by atoms with E-state index in [9.17, 15) is 13.2 Å². The van der Waals surface area contributed by atoms with Crippen molar-refractivity contribution in [3.8, 4) is 11.3 Å². The lowest BCUT2D eigenvalue weighted by Gasteiger charge is -2.12. The van der Waals surface area contributed by atoms with E-state index in [4.69, 9.17) is 0 Å². The summed E-state index contributed by atoms with van der Waals surface area (Å²) in [5, 5.41) is 7.06. The van der Waals surface area contributed by atoms with Gasteiger partial charge < -0.3 is 5.32 Å². The Hall–Kier alpha value is -2.90. The van der Waals surface area contributed by atoms with Gasteiger partial charge >= 0.3 is 6.18 Å². The maximum atomic E-state index is 13.1. The van der Waals surface area contributed by atoms with Crippen molar-refractivity contribution in [2.24, 2.45) is 0 Å². The number of nitrogens with zero attached hydrogens (tertiary/aromatic N) is 4. The molecule has 0 saturated carbocycles. The van der Waals surface area contributed by atoms with Gasteiger partial charge in [0.1, 0.15) is 0 Å². The van der Waals surface area contributed by atoms with Crippen LogP contribution in [0.15, 0.2) is 48.7 Å². The second-order valence-corrected chi connectivity index (χ2v) is 5.47. The van der Waals surface area contributed by atoms with Crippen molar-refractivity contribution in [3.63, 3.8) is 0 Å². The van der Waals surface area contributed by atoms with E-state index in [0.717, 1.165) is 11.8 Å². The van der Waals surface area contributed by atoms with Crippen LogP contribution in [0.2, 0.25) is 0 Å². The predicted molar refractivity (Wildman–Crippen MR) is 87.9 cm³/mol. The summed E-state index contributed by atoms with van der Waals surface area (Å²) in [6.45, 7) is 2.72. The molecule has 0 fully saturated rings. The van der Waals surface area contributed by atoms with E-state index in [0.29, 0.717) is 18.7 Å². The Kier molecular flexibility index (Phi) is 4.69. The molecule has 0 atom stereocenters. The van der Waals surface area contributed by atoms with Gasteiger partial charge in [-0.2, -0.15) is 18.3 Å². The number of alkyl halides is 3. The monoisotopic (exact) mass is 347 g/mol. The normalized spacial score (nSPS) is 11.5. The molecule has 5 nitrogen and oxygen atoms in total. The maximum absolute atomic E-state index is 13.1. The van der Waals surface area contributed by atoms with Crippen molar-refractivity contribution in [2.75, 3.05) is 11.9 Å². The number of hydrogen-bond acceptors (Lipinski definition) is 4. The van der Waals surface area contributed by atoms with Crippen LogP contribution in [0.3, 0.4) is 0 Å². The fourth-order valence-electron chi connectivity index (χ4n) is 2.30. The van der Waals surface area contributed by atoms with Gasteiger partial charge in [0, 0.05) is 18.3 Å². The van der Waals surface area contributed by atoms with E-state index < -0.39 is 11.9 Å². The first-order chi connectivity index (χ1) is 11.9. The van der Waals surface area contributed by atoms with Gasteiger partial charge in [-0.3, -0.25) is 4.68 Å². The molecule has 1 aromatic carbocycles. The number of nitrogens with one attached hydrogen (secondary N) is 1. The van der Waals surface area contributed by atoms with Gasteiger partial charge in [-0.25, -0.2) is 9.97 Å². The van der Waals surface area contributed by atoms with Crippen LogP contribution in [-0.2, 0) is 12.7 Å². The zero-order valence-electron chi connectivity index (χ0n) is 13.5. The molecule has 0 unspecified atom stereocenters. The first-order valence-electron chi connectivity index (χ1n) is 7.67. The zero-order chi connectivity index (χ0) is 17.9. The second kappa shape index (κ2) is 6.92. The van der Waals surface area contributed by atoms with E-state index in [1.807, 2.05) is 13.0 Å². The Morgan fingerprint density at radius 3 is 2.48 bits per heavy atom. The standard InChI is InChI=1S/C17H16F3N5/c1-12-7-9-25(24-12)10-8-21-16-22-14(13-5-3-2-4-6-13)11-15(23-16)17(18,19)20/h2-7,9,11H,8,10H2,1H3,(H,21,22,23). The third-order valence-electron chi connectivity index (χ3n) is 3.48. The van der Waals surface area contributed by atoms with Gasteiger partial charge in [0.15, 0.2) is 5.69 Å². The summed E-state index contributed by atoms with van der Waals surface area (Å²) in [5.41, 5.74) is 0.724. The summed E-state index contributed by atoms with van der Waals surface area (Å²) >= 11 is 0. The molecule has 8 heteroatoms. The molecule has 0 aliphatic carbocycles. The SMILES string of the molecule is Cc1ccn(CCNc2nc(-c3ccccc3)cc(C(F)(F)F)n2)n1. The first kappa shape index (κ1) is 16.9. The summed E-state index contributed by atoms with van der Waals surface area (Å²) in [7, 11) is 0. The molecule has 0 amide bonds. The summed E-state index contributed by atoms with van der Waals surface area (Å²) in [5.74, 6) is -0.0578. The van der Waals surface area contributed by atoms with Crippen LogP contribution in [0.25, 0.3) is 11.3 Å². The molecule has 3 rings (SSSR count). The molecule has 1 N–H and O–H groups in total. The fraction of sp³-hybridized carbons (Fsp3) is 0.235. The van der Waals surface area contributed by atoms with Crippen LogP contribution in [0.5, 0.6) is 0 Å². The Morgan fingerprint density at radius 1 is 1.08 bits per heavy atom. The van der Waals surface area contributed by atoms with Crippen molar-refractivity contribution in [1.29, 1.82) is 0 Å². The molecule has 3 aromatic rings. The highest BCUT2D eigenvalue weighted by Gasteiger charge is 2.33. The Morgan fingerprint density at radius 2 is 1.84 bits per heavy atom. The summed E-state index contributed by atoms with van der Waals surface area (Å²) in [6.07, 6.45) is -2.73. The smallest absolute Gasteiger partial charge is 0.352 e. The number of aryl methyl sites for hydroxylation is 1. The van der Waals surface area contributed by atoms with Crippen LogP contribution in [-0.4, -0.2) is 26.3 Å². The molecule has 2 heterocycles. The summed E-state index contributed by atoms with van der Waals surface area (Å²) in [6, 6.07) is 11.5. The van der Waals surface area contributed by atoms with E-state index in [-0.39, 0.29) is 11.6 Å². The summed E-state index contributed by atoms with van der Waals surface area (Å²) in [4.78, 5) is 7.79. The van der Waals surface area contributed by atoms with Crippen LogP contribution in [0.4, 0.5) is 19.1 Å². The van der Waals surface area contributed by atoms with Crippen molar-refractivity contribution >= 4 is 5.95 Å². The lowest BCUT2D eigenvalue weighted by atomic mass is 10.1. The lowest BCUT2D eigenvalue weighted by Crippen LogP contribution is -2.16. The molecule has 0 spiro atoms. The van der Waals surface area contributed by atoms with Gasteiger partial charge in [0.05, 0.1) is 17.9 Å². The van der Waals surface area contributed by atoms with Gasteiger partial charge in [0.25, 0.3) is 0 Å². The van der Waals surface area contributed by atoms with Crippen LogP contribution in [0, 0.1) is 6.92 Å². The molecule has 130 valence electrons. The quantitative estimate of drug-likeness (QED) is 0.763. The second-order valence-electron chi connectivity index (χ2n) is 5.47. The van der Waals surface area contributed by atoms with Gasteiger partial charge in [-0.05, 0) is 19.1 Å². The minimum Gasteiger partial charge on any atom is -0.352 e. The van der Waals surface area contributed by atoms with Crippen molar-refractivity contribution in [2.45, 2.75) is 19.6 Å². The van der Waals surface area contributed by atoms with Crippen LogP contribution >= 0.6 is 0 Å². The minimum absolute atomic E-state index is 0.0578.